The Balaban J connectivity index is 1.37. The Morgan fingerprint density at radius 3 is 2.73 bits per heavy atom. The highest BCUT2D eigenvalue weighted by atomic mass is 19.1. The summed E-state index contributed by atoms with van der Waals surface area (Å²) < 4.78 is 24.4. The molecule has 8 atom stereocenters. The first kappa shape index (κ1) is 25.4. The number of halogens is 1. The highest BCUT2D eigenvalue weighted by molar-refractivity contribution is 5.76. The van der Waals surface area contributed by atoms with E-state index in [0.717, 1.165) is 36.1 Å². The summed E-state index contributed by atoms with van der Waals surface area (Å²) in [5.41, 5.74) is 2.47. The summed E-state index contributed by atoms with van der Waals surface area (Å²) in [5, 5.41) is 3.03. The van der Waals surface area contributed by atoms with E-state index < -0.39 is 0 Å². The fourth-order valence-electron chi connectivity index (χ4n) is 7.15. The fourth-order valence-corrected chi connectivity index (χ4v) is 7.15. The maximum atomic E-state index is 13.6. The van der Waals surface area contributed by atoms with Crippen molar-refractivity contribution < 1.29 is 23.5 Å². The number of nitrogens with zero attached hydrogens (tertiary/aromatic N) is 1. The largest absolute Gasteiger partial charge is 0.462 e. The van der Waals surface area contributed by atoms with Gasteiger partial charge in [-0.25, -0.2) is 9.18 Å². The average Bonchev–Trinajstić information content (AvgIpc) is 3.15. The van der Waals surface area contributed by atoms with Crippen LogP contribution >= 0.6 is 0 Å². The molecule has 2 aromatic rings. The van der Waals surface area contributed by atoms with Crippen molar-refractivity contribution in [3.8, 4) is 11.1 Å². The van der Waals surface area contributed by atoms with E-state index in [1.54, 1.807) is 19.2 Å². The van der Waals surface area contributed by atoms with Crippen LogP contribution in [0.25, 0.3) is 17.2 Å². The first-order chi connectivity index (χ1) is 17.8. The predicted octanol–water partition coefficient (Wildman–Crippen LogP) is 5.88. The molecular formula is C30H35FN2O4. The number of amides is 1. The molecule has 1 amide bonds. The van der Waals surface area contributed by atoms with Crippen LogP contribution in [0.4, 0.5) is 9.18 Å². The molecular weight excluding hydrogens is 471 g/mol. The van der Waals surface area contributed by atoms with Crippen LogP contribution in [-0.4, -0.2) is 35.8 Å². The smallest absolute Gasteiger partial charge is 0.407 e. The number of rotatable bonds is 5. The number of benzene rings is 1. The molecule has 5 rings (SSSR count). The van der Waals surface area contributed by atoms with Crippen LogP contribution in [-0.2, 0) is 14.3 Å². The number of esters is 1. The third-order valence-corrected chi connectivity index (χ3v) is 8.53. The standard InChI is InChI=1S/C30H35FN2O4/c1-4-36-30(35)33-24-12-17(2)27-21(14-24)15-26-28(18(3)37-29(26)34)25(27)11-10-23-9-8-20(16-32-23)19-6-5-7-22(31)13-19/h5-11,13,16-18,21,24-28H,4,12,14-15H2,1-3H3,(H,33,35)/b11-10+/t17?,18-,21?,24-,25+,26-,27?,28+/m1/s1. The van der Waals surface area contributed by atoms with Crippen LogP contribution in [0.2, 0.25) is 0 Å². The van der Waals surface area contributed by atoms with Gasteiger partial charge in [0, 0.05) is 23.7 Å². The van der Waals surface area contributed by atoms with Crippen LogP contribution in [0.1, 0.15) is 45.7 Å². The molecule has 3 unspecified atom stereocenters. The Labute approximate surface area is 217 Å². The Morgan fingerprint density at radius 2 is 2.00 bits per heavy atom. The van der Waals surface area contributed by atoms with Crippen LogP contribution in [0.5, 0.6) is 0 Å². The van der Waals surface area contributed by atoms with E-state index in [1.807, 2.05) is 31.2 Å². The lowest BCUT2D eigenvalue weighted by Gasteiger charge is -2.50. The van der Waals surface area contributed by atoms with E-state index in [2.05, 4.69) is 23.3 Å². The second-order valence-corrected chi connectivity index (χ2v) is 10.8. The highest BCUT2D eigenvalue weighted by Gasteiger charge is 2.56. The minimum absolute atomic E-state index is 0.0448. The summed E-state index contributed by atoms with van der Waals surface area (Å²) in [6.07, 6.45) is 8.06. The van der Waals surface area contributed by atoms with E-state index in [4.69, 9.17) is 9.47 Å². The summed E-state index contributed by atoms with van der Waals surface area (Å²) in [7, 11) is 0. The Kier molecular flexibility index (Phi) is 7.31. The number of hydrogen-bond acceptors (Lipinski definition) is 5. The van der Waals surface area contributed by atoms with Gasteiger partial charge in [-0.05, 0) is 86.6 Å². The molecule has 0 radical (unpaired) electrons. The predicted molar refractivity (Wildman–Crippen MR) is 139 cm³/mol. The Morgan fingerprint density at radius 1 is 1.16 bits per heavy atom. The van der Waals surface area contributed by atoms with E-state index in [-0.39, 0.29) is 47.8 Å². The van der Waals surface area contributed by atoms with Crippen molar-refractivity contribution >= 4 is 18.1 Å². The third-order valence-electron chi connectivity index (χ3n) is 8.53. The number of ether oxygens (including phenoxy) is 2. The van der Waals surface area contributed by atoms with Crippen molar-refractivity contribution in [1.82, 2.24) is 10.3 Å². The maximum absolute atomic E-state index is 13.6. The van der Waals surface area contributed by atoms with Gasteiger partial charge in [-0.15, -0.1) is 0 Å². The molecule has 0 spiro atoms. The summed E-state index contributed by atoms with van der Waals surface area (Å²) in [5.74, 6) is 0.887. The number of fused-ring (bicyclic) bond motifs is 2. The van der Waals surface area contributed by atoms with Crippen LogP contribution in [0, 0.1) is 41.3 Å². The van der Waals surface area contributed by atoms with Gasteiger partial charge in [-0.1, -0.05) is 31.2 Å². The van der Waals surface area contributed by atoms with Crippen LogP contribution in [0.15, 0.2) is 48.7 Å². The second-order valence-electron chi connectivity index (χ2n) is 10.8. The molecule has 1 saturated heterocycles. The van der Waals surface area contributed by atoms with Crippen molar-refractivity contribution in [3.05, 3.63) is 60.2 Å². The Bertz CT molecular complexity index is 1170. The third kappa shape index (κ3) is 5.27. The van der Waals surface area contributed by atoms with Crippen molar-refractivity contribution in [2.45, 2.75) is 52.2 Å². The number of cyclic esters (lactones) is 1. The van der Waals surface area contributed by atoms with Crippen molar-refractivity contribution in [3.63, 3.8) is 0 Å². The zero-order chi connectivity index (χ0) is 26.1. The molecule has 3 fully saturated rings. The van der Waals surface area contributed by atoms with Gasteiger partial charge in [-0.2, -0.15) is 0 Å². The lowest BCUT2D eigenvalue weighted by Crippen LogP contribution is -2.51. The van der Waals surface area contributed by atoms with Crippen molar-refractivity contribution in [2.24, 2.45) is 35.5 Å². The number of pyridine rings is 1. The van der Waals surface area contributed by atoms with Gasteiger partial charge in [0.2, 0.25) is 0 Å². The summed E-state index contributed by atoms with van der Waals surface area (Å²) in [6, 6.07) is 10.4. The fraction of sp³-hybridized carbons (Fsp3) is 0.500. The quantitative estimate of drug-likeness (QED) is 0.513. The van der Waals surface area contributed by atoms with Gasteiger partial charge in [0.1, 0.15) is 11.9 Å². The lowest BCUT2D eigenvalue weighted by molar-refractivity contribution is -0.144. The molecule has 1 aromatic heterocycles. The molecule has 2 aliphatic carbocycles. The Hall–Kier alpha value is -3.22. The zero-order valence-corrected chi connectivity index (χ0v) is 21.6. The number of nitrogens with one attached hydrogen (secondary N) is 1. The second kappa shape index (κ2) is 10.6. The zero-order valence-electron chi connectivity index (χ0n) is 21.6. The monoisotopic (exact) mass is 506 g/mol. The molecule has 1 aliphatic heterocycles. The molecule has 3 aliphatic rings. The molecule has 1 N–H and O–H groups in total. The molecule has 2 saturated carbocycles. The molecule has 1 aromatic carbocycles. The first-order valence-corrected chi connectivity index (χ1v) is 13.4. The SMILES string of the molecule is CCOC(=O)N[C@@H]1CC(C)C2C(C1)C[C@H]1C(=O)O[C@H](C)[C@H]1[C@H]2/C=C/c1ccc(-c2cccc(F)c2)cn1. The van der Waals surface area contributed by atoms with E-state index >= 15 is 0 Å². The molecule has 196 valence electrons. The molecule has 0 bridgehead atoms. The number of allylic oxidation sites excluding steroid dienone is 1. The van der Waals surface area contributed by atoms with E-state index in [1.165, 1.54) is 12.1 Å². The van der Waals surface area contributed by atoms with E-state index in [0.29, 0.717) is 24.4 Å². The van der Waals surface area contributed by atoms with Crippen LogP contribution < -0.4 is 5.32 Å². The molecule has 37 heavy (non-hydrogen) atoms. The average molecular weight is 507 g/mol. The number of carbonyl (C=O) groups excluding carboxylic acids is 2. The number of carbonyl (C=O) groups is 2. The highest BCUT2D eigenvalue weighted by Crippen LogP contribution is 2.55. The van der Waals surface area contributed by atoms with Crippen molar-refractivity contribution in [1.29, 1.82) is 0 Å². The number of aromatic nitrogens is 1. The molecule has 2 heterocycles. The maximum Gasteiger partial charge on any atom is 0.407 e. The lowest BCUT2D eigenvalue weighted by atomic mass is 9.54. The summed E-state index contributed by atoms with van der Waals surface area (Å²) in [6.45, 7) is 6.41. The van der Waals surface area contributed by atoms with Gasteiger partial charge < -0.3 is 14.8 Å². The summed E-state index contributed by atoms with van der Waals surface area (Å²) >= 11 is 0. The topological polar surface area (TPSA) is 77.5 Å². The van der Waals surface area contributed by atoms with Gasteiger partial charge >= 0.3 is 12.1 Å². The normalized spacial score (nSPS) is 32.9. The summed E-state index contributed by atoms with van der Waals surface area (Å²) in [4.78, 5) is 29.4. The minimum Gasteiger partial charge on any atom is -0.462 e. The number of hydrogen-bond donors (Lipinski definition) is 1. The van der Waals surface area contributed by atoms with Gasteiger partial charge in [-0.3, -0.25) is 9.78 Å². The van der Waals surface area contributed by atoms with Gasteiger partial charge in [0.15, 0.2) is 0 Å². The first-order valence-electron chi connectivity index (χ1n) is 13.4. The van der Waals surface area contributed by atoms with Gasteiger partial charge in [0.05, 0.1) is 18.2 Å². The number of alkyl carbamates (subject to hydrolysis) is 1. The van der Waals surface area contributed by atoms with E-state index in [9.17, 15) is 14.0 Å². The molecule has 6 nitrogen and oxygen atoms in total. The van der Waals surface area contributed by atoms with Crippen molar-refractivity contribution in [2.75, 3.05) is 6.61 Å². The molecule has 7 heteroatoms. The van der Waals surface area contributed by atoms with Crippen LogP contribution in [0.3, 0.4) is 0 Å². The minimum atomic E-state index is -0.370. The van der Waals surface area contributed by atoms with Gasteiger partial charge in [0.25, 0.3) is 0 Å².